The lowest BCUT2D eigenvalue weighted by molar-refractivity contribution is 0.571. The third-order valence-electron chi connectivity index (χ3n) is 3.78. The zero-order chi connectivity index (χ0) is 12.4. The quantitative estimate of drug-likeness (QED) is 0.839. The Hall–Kier alpha value is -0.960. The van der Waals surface area contributed by atoms with Gasteiger partial charge in [0.25, 0.3) is 0 Å². The van der Waals surface area contributed by atoms with Gasteiger partial charge in [0.05, 0.1) is 6.04 Å². The SMILES string of the molecule is CC1CCSC(=NC2CCc3ccccc3C2)N1. The van der Waals surface area contributed by atoms with Crippen LogP contribution >= 0.6 is 11.8 Å². The molecule has 0 bridgehead atoms. The monoisotopic (exact) mass is 260 g/mol. The van der Waals surface area contributed by atoms with Crippen LogP contribution in [0.5, 0.6) is 0 Å². The lowest BCUT2D eigenvalue weighted by atomic mass is 9.89. The number of benzene rings is 1. The minimum atomic E-state index is 0.472. The van der Waals surface area contributed by atoms with E-state index in [9.17, 15) is 0 Å². The summed E-state index contributed by atoms with van der Waals surface area (Å²) in [5.41, 5.74) is 3.01. The molecular formula is C15H20N2S. The molecule has 1 N–H and O–H groups in total. The molecule has 3 heteroatoms. The average Bonchev–Trinajstić information content (AvgIpc) is 2.39. The van der Waals surface area contributed by atoms with Gasteiger partial charge in [0.2, 0.25) is 0 Å². The van der Waals surface area contributed by atoms with Crippen LogP contribution < -0.4 is 5.32 Å². The fourth-order valence-corrected chi connectivity index (χ4v) is 3.86. The van der Waals surface area contributed by atoms with Crippen LogP contribution in [0.4, 0.5) is 0 Å². The normalized spacial score (nSPS) is 29.7. The van der Waals surface area contributed by atoms with E-state index in [4.69, 9.17) is 4.99 Å². The summed E-state index contributed by atoms with van der Waals surface area (Å²) in [4.78, 5) is 4.91. The molecule has 1 aliphatic heterocycles. The maximum atomic E-state index is 4.91. The van der Waals surface area contributed by atoms with Crippen LogP contribution in [0.25, 0.3) is 0 Å². The van der Waals surface area contributed by atoms with E-state index in [1.807, 2.05) is 11.8 Å². The number of fused-ring (bicyclic) bond motifs is 1. The molecule has 3 rings (SSSR count). The molecular weight excluding hydrogens is 240 g/mol. The van der Waals surface area contributed by atoms with Crippen LogP contribution in [-0.4, -0.2) is 23.0 Å². The Morgan fingerprint density at radius 1 is 1.22 bits per heavy atom. The van der Waals surface area contributed by atoms with Crippen molar-refractivity contribution in [1.82, 2.24) is 5.32 Å². The lowest BCUT2D eigenvalue weighted by Gasteiger charge is -2.26. The Balaban J connectivity index is 1.70. The standard InChI is InChI=1S/C15H20N2S/c1-11-8-9-18-15(16-11)17-14-7-6-12-4-2-3-5-13(12)10-14/h2-5,11,14H,6-10H2,1H3,(H,16,17). The van der Waals surface area contributed by atoms with Gasteiger partial charge in [-0.1, -0.05) is 36.0 Å². The van der Waals surface area contributed by atoms with Crippen molar-refractivity contribution in [2.45, 2.75) is 44.7 Å². The second kappa shape index (κ2) is 5.35. The zero-order valence-electron chi connectivity index (χ0n) is 10.9. The van der Waals surface area contributed by atoms with Gasteiger partial charge in [-0.2, -0.15) is 0 Å². The molecule has 0 aromatic heterocycles. The van der Waals surface area contributed by atoms with Crippen molar-refractivity contribution in [3.8, 4) is 0 Å². The summed E-state index contributed by atoms with van der Waals surface area (Å²) >= 11 is 1.88. The topological polar surface area (TPSA) is 24.4 Å². The number of rotatable bonds is 1. The molecule has 2 nitrogen and oxygen atoms in total. The highest BCUT2D eigenvalue weighted by atomic mass is 32.2. The predicted molar refractivity (Wildman–Crippen MR) is 79.4 cm³/mol. The third-order valence-corrected chi connectivity index (χ3v) is 4.72. The van der Waals surface area contributed by atoms with Crippen molar-refractivity contribution in [2.75, 3.05) is 5.75 Å². The molecule has 96 valence electrons. The number of aliphatic imine (C=N–C) groups is 1. The molecule has 1 aliphatic carbocycles. The van der Waals surface area contributed by atoms with Crippen molar-refractivity contribution in [1.29, 1.82) is 0 Å². The Bertz CT molecular complexity index is 456. The lowest BCUT2D eigenvalue weighted by Crippen LogP contribution is -2.36. The molecule has 1 aromatic carbocycles. The first-order valence-corrected chi connectivity index (χ1v) is 7.84. The molecule has 1 saturated heterocycles. The fourth-order valence-electron chi connectivity index (χ4n) is 2.69. The Kier molecular flexibility index (Phi) is 3.59. The van der Waals surface area contributed by atoms with Gasteiger partial charge in [-0.25, -0.2) is 0 Å². The Labute approximate surface area is 113 Å². The molecule has 18 heavy (non-hydrogen) atoms. The van der Waals surface area contributed by atoms with Crippen LogP contribution in [0.2, 0.25) is 0 Å². The molecule has 1 heterocycles. The summed E-state index contributed by atoms with van der Waals surface area (Å²) in [7, 11) is 0. The average molecular weight is 260 g/mol. The van der Waals surface area contributed by atoms with E-state index in [0.29, 0.717) is 12.1 Å². The molecule has 2 aliphatic rings. The summed E-state index contributed by atoms with van der Waals surface area (Å²) in [6.45, 7) is 2.24. The number of amidine groups is 1. The number of thioether (sulfide) groups is 1. The second-order valence-corrected chi connectivity index (χ2v) is 6.37. The van der Waals surface area contributed by atoms with E-state index in [1.54, 1.807) is 0 Å². The van der Waals surface area contributed by atoms with Gasteiger partial charge in [-0.05, 0) is 43.7 Å². The van der Waals surface area contributed by atoms with Crippen molar-refractivity contribution < 1.29 is 0 Å². The first kappa shape index (κ1) is 12.1. The maximum Gasteiger partial charge on any atom is 0.157 e. The van der Waals surface area contributed by atoms with Crippen molar-refractivity contribution in [3.63, 3.8) is 0 Å². The van der Waals surface area contributed by atoms with Gasteiger partial charge >= 0.3 is 0 Å². The van der Waals surface area contributed by atoms with E-state index >= 15 is 0 Å². The molecule has 1 aromatic rings. The second-order valence-electron chi connectivity index (χ2n) is 5.28. The van der Waals surface area contributed by atoms with Gasteiger partial charge in [0.1, 0.15) is 0 Å². The zero-order valence-corrected chi connectivity index (χ0v) is 11.7. The third kappa shape index (κ3) is 2.72. The summed E-state index contributed by atoms with van der Waals surface area (Å²) in [6, 6.07) is 9.86. The first-order valence-electron chi connectivity index (χ1n) is 6.85. The van der Waals surface area contributed by atoms with Gasteiger partial charge in [0.15, 0.2) is 5.17 Å². The highest BCUT2D eigenvalue weighted by Gasteiger charge is 2.20. The molecule has 0 saturated carbocycles. The molecule has 2 unspecified atom stereocenters. The summed E-state index contributed by atoms with van der Waals surface area (Å²) < 4.78 is 0. The van der Waals surface area contributed by atoms with Crippen LogP contribution in [-0.2, 0) is 12.8 Å². The van der Waals surface area contributed by atoms with Crippen molar-refractivity contribution in [3.05, 3.63) is 35.4 Å². The maximum absolute atomic E-state index is 4.91. The fraction of sp³-hybridized carbons (Fsp3) is 0.533. The van der Waals surface area contributed by atoms with Gasteiger partial charge in [-0.15, -0.1) is 0 Å². The molecule has 1 fully saturated rings. The number of hydrogen-bond acceptors (Lipinski definition) is 2. The predicted octanol–water partition coefficient (Wildman–Crippen LogP) is 3.01. The van der Waals surface area contributed by atoms with E-state index < -0.39 is 0 Å². The van der Waals surface area contributed by atoms with E-state index in [-0.39, 0.29) is 0 Å². The van der Waals surface area contributed by atoms with Crippen LogP contribution in [0, 0.1) is 0 Å². The molecule has 0 radical (unpaired) electrons. The first-order chi connectivity index (χ1) is 8.81. The van der Waals surface area contributed by atoms with E-state index in [1.165, 1.54) is 36.1 Å². The minimum absolute atomic E-state index is 0.472. The van der Waals surface area contributed by atoms with Crippen LogP contribution in [0.1, 0.15) is 30.9 Å². The molecule has 2 atom stereocenters. The van der Waals surface area contributed by atoms with Crippen molar-refractivity contribution in [2.24, 2.45) is 4.99 Å². The summed E-state index contributed by atoms with van der Waals surface area (Å²) in [6.07, 6.45) is 4.72. The van der Waals surface area contributed by atoms with Gasteiger partial charge in [0, 0.05) is 11.8 Å². The minimum Gasteiger partial charge on any atom is -0.362 e. The van der Waals surface area contributed by atoms with E-state index in [2.05, 4.69) is 36.5 Å². The summed E-state index contributed by atoms with van der Waals surface area (Å²) in [5.74, 6) is 1.20. The highest BCUT2D eigenvalue weighted by Crippen LogP contribution is 2.24. The van der Waals surface area contributed by atoms with Crippen molar-refractivity contribution >= 4 is 16.9 Å². The Morgan fingerprint density at radius 2 is 2.06 bits per heavy atom. The summed E-state index contributed by atoms with van der Waals surface area (Å²) in [5, 5.41) is 4.67. The highest BCUT2D eigenvalue weighted by molar-refractivity contribution is 8.13. The number of aryl methyl sites for hydroxylation is 1. The van der Waals surface area contributed by atoms with Crippen LogP contribution in [0.15, 0.2) is 29.3 Å². The number of nitrogens with one attached hydrogen (secondary N) is 1. The van der Waals surface area contributed by atoms with Gasteiger partial charge in [-0.3, -0.25) is 4.99 Å². The number of nitrogens with zero attached hydrogens (tertiary/aromatic N) is 1. The van der Waals surface area contributed by atoms with Gasteiger partial charge < -0.3 is 5.32 Å². The smallest absolute Gasteiger partial charge is 0.157 e. The Morgan fingerprint density at radius 3 is 2.89 bits per heavy atom. The molecule has 0 amide bonds. The molecule has 0 spiro atoms. The van der Waals surface area contributed by atoms with Crippen LogP contribution in [0.3, 0.4) is 0 Å². The van der Waals surface area contributed by atoms with E-state index in [0.717, 1.165) is 11.6 Å². The largest absolute Gasteiger partial charge is 0.362 e. The number of hydrogen-bond donors (Lipinski definition) is 1.